The van der Waals surface area contributed by atoms with E-state index in [0.717, 1.165) is 15.6 Å². The summed E-state index contributed by atoms with van der Waals surface area (Å²) >= 11 is 12.4. The molecular weight excluding hydrogens is 398 g/mol. The Kier molecular flexibility index (Phi) is 5.25. The fraction of sp³-hybridized carbons (Fsp3) is 0.143. The van der Waals surface area contributed by atoms with E-state index in [-0.39, 0.29) is 5.82 Å². The van der Waals surface area contributed by atoms with Gasteiger partial charge in [0.25, 0.3) is 0 Å². The molecule has 2 aromatic rings. The van der Waals surface area contributed by atoms with Crippen molar-refractivity contribution in [2.75, 3.05) is 0 Å². The number of alkyl halides is 1. The number of benzene rings is 2. The lowest BCUT2D eigenvalue weighted by Crippen LogP contribution is -1.97. The van der Waals surface area contributed by atoms with E-state index in [1.54, 1.807) is 0 Å². The molecule has 0 radical (unpaired) electrons. The van der Waals surface area contributed by atoms with Crippen LogP contribution in [0.3, 0.4) is 0 Å². The van der Waals surface area contributed by atoms with E-state index < -0.39 is 0 Å². The quantitative estimate of drug-likeness (QED) is 0.593. The summed E-state index contributed by atoms with van der Waals surface area (Å²) in [6.45, 7) is 0.301. The van der Waals surface area contributed by atoms with Gasteiger partial charge in [-0.25, -0.2) is 4.39 Å². The van der Waals surface area contributed by atoms with Gasteiger partial charge in [-0.2, -0.15) is 0 Å². The zero-order valence-electron chi connectivity index (χ0n) is 9.80. The molecule has 0 unspecified atom stereocenters. The van der Waals surface area contributed by atoms with Gasteiger partial charge >= 0.3 is 0 Å². The number of halogens is 4. The standard InChI is InChI=1S/C14H10Br2ClFO/c15-11-3-10(4-12(18)6-11)8-19-14-2-1-9(7-17)5-13(14)16/h1-6H,7-8H2. The molecule has 0 N–H and O–H groups in total. The highest BCUT2D eigenvalue weighted by Gasteiger charge is 2.04. The Labute approximate surface area is 133 Å². The maximum Gasteiger partial charge on any atom is 0.134 e. The van der Waals surface area contributed by atoms with Crippen molar-refractivity contribution in [3.63, 3.8) is 0 Å². The summed E-state index contributed by atoms with van der Waals surface area (Å²) in [6, 6.07) is 10.3. The molecule has 0 fully saturated rings. The Morgan fingerprint density at radius 1 is 1.05 bits per heavy atom. The molecule has 5 heteroatoms. The Balaban J connectivity index is 2.10. The van der Waals surface area contributed by atoms with Gasteiger partial charge in [0.1, 0.15) is 18.2 Å². The van der Waals surface area contributed by atoms with E-state index in [0.29, 0.717) is 22.7 Å². The third kappa shape index (κ3) is 4.20. The Morgan fingerprint density at radius 2 is 1.84 bits per heavy atom. The highest BCUT2D eigenvalue weighted by Crippen LogP contribution is 2.27. The second-order valence-corrected chi connectivity index (χ2v) is 6.00. The van der Waals surface area contributed by atoms with Crippen molar-refractivity contribution in [3.8, 4) is 5.75 Å². The van der Waals surface area contributed by atoms with E-state index in [4.69, 9.17) is 16.3 Å². The monoisotopic (exact) mass is 406 g/mol. The zero-order chi connectivity index (χ0) is 13.8. The molecule has 0 aliphatic rings. The third-order valence-corrected chi connectivity index (χ3v) is 3.85. The SMILES string of the molecule is Fc1cc(Br)cc(COc2ccc(CCl)cc2Br)c1. The van der Waals surface area contributed by atoms with E-state index >= 15 is 0 Å². The average molecular weight is 408 g/mol. The first-order valence-electron chi connectivity index (χ1n) is 5.50. The van der Waals surface area contributed by atoms with Crippen LogP contribution in [0.25, 0.3) is 0 Å². The first-order valence-corrected chi connectivity index (χ1v) is 7.62. The second kappa shape index (κ2) is 6.73. The Morgan fingerprint density at radius 3 is 2.47 bits per heavy atom. The van der Waals surface area contributed by atoms with Gasteiger partial charge in [-0.15, -0.1) is 11.6 Å². The number of ether oxygens (including phenoxy) is 1. The van der Waals surface area contributed by atoms with Gasteiger partial charge in [-0.05, 0) is 57.4 Å². The van der Waals surface area contributed by atoms with Crippen LogP contribution in [0.15, 0.2) is 45.3 Å². The molecule has 2 aromatic carbocycles. The van der Waals surface area contributed by atoms with Gasteiger partial charge in [-0.1, -0.05) is 22.0 Å². The van der Waals surface area contributed by atoms with Crippen LogP contribution in [0.1, 0.15) is 11.1 Å². The predicted molar refractivity (Wildman–Crippen MR) is 82.1 cm³/mol. The summed E-state index contributed by atoms with van der Waals surface area (Å²) in [6.07, 6.45) is 0. The van der Waals surface area contributed by atoms with E-state index in [1.807, 2.05) is 24.3 Å². The van der Waals surface area contributed by atoms with Crippen molar-refractivity contribution in [3.05, 3.63) is 62.3 Å². The lowest BCUT2D eigenvalue weighted by atomic mass is 10.2. The molecule has 1 nitrogen and oxygen atoms in total. The largest absolute Gasteiger partial charge is 0.488 e. The molecule has 0 atom stereocenters. The highest BCUT2D eigenvalue weighted by atomic mass is 79.9. The van der Waals surface area contributed by atoms with Crippen molar-refractivity contribution < 1.29 is 9.13 Å². The predicted octanol–water partition coefficient (Wildman–Crippen LogP) is 5.67. The van der Waals surface area contributed by atoms with Crippen molar-refractivity contribution in [2.45, 2.75) is 12.5 Å². The van der Waals surface area contributed by atoms with Crippen molar-refractivity contribution in [2.24, 2.45) is 0 Å². The van der Waals surface area contributed by atoms with E-state index in [2.05, 4.69) is 31.9 Å². The molecule has 0 spiro atoms. The van der Waals surface area contributed by atoms with E-state index in [9.17, 15) is 4.39 Å². The molecule has 0 saturated carbocycles. The third-order valence-electron chi connectivity index (χ3n) is 2.47. The number of hydrogen-bond acceptors (Lipinski definition) is 1. The van der Waals surface area contributed by atoms with Crippen molar-refractivity contribution in [1.82, 2.24) is 0 Å². The van der Waals surface area contributed by atoms with Crippen LogP contribution in [-0.2, 0) is 12.5 Å². The van der Waals surface area contributed by atoms with Gasteiger partial charge in [-0.3, -0.25) is 0 Å². The van der Waals surface area contributed by atoms with Gasteiger partial charge in [0.15, 0.2) is 0 Å². The lowest BCUT2D eigenvalue weighted by molar-refractivity contribution is 0.303. The van der Waals surface area contributed by atoms with Crippen molar-refractivity contribution >= 4 is 43.5 Å². The van der Waals surface area contributed by atoms with Crippen LogP contribution in [0, 0.1) is 5.82 Å². The molecule has 0 amide bonds. The normalized spacial score (nSPS) is 10.5. The highest BCUT2D eigenvalue weighted by molar-refractivity contribution is 9.10. The molecule has 0 aliphatic heterocycles. The fourth-order valence-electron chi connectivity index (χ4n) is 1.60. The van der Waals surface area contributed by atoms with Gasteiger partial charge in [0.2, 0.25) is 0 Å². The zero-order valence-corrected chi connectivity index (χ0v) is 13.7. The van der Waals surface area contributed by atoms with E-state index in [1.165, 1.54) is 12.1 Å². The molecule has 0 heterocycles. The molecule has 0 bridgehead atoms. The molecule has 0 aromatic heterocycles. The minimum absolute atomic E-state index is 0.287. The number of hydrogen-bond donors (Lipinski definition) is 0. The Bertz CT molecular complexity index is 569. The van der Waals surface area contributed by atoms with Crippen LogP contribution in [-0.4, -0.2) is 0 Å². The number of rotatable bonds is 4. The first-order chi connectivity index (χ1) is 9.08. The minimum atomic E-state index is -0.287. The summed E-state index contributed by atoms with van der Waals surface area (Å²) in [5.41, 5.74) is 1.77. The minimum Gasteiger partial charge on any atom is -0.488 e. The van der Waals surface area contributed by atoms with Gasteiger partial charge < -0.3 is 4.74 Å². The van der Waals surface area contributed by atoms with Crippen molar-refractivity contribution in [1.29, 1.82) is 0 Å². The van der Waals surface area contributed by atoms with Crippen LogP contribution < -0.4 is 4.74 Å². The topological polar surface area (TPSA) is 9.23 Å². The molecule has 2 rings (SSSR count). The van der Waals surface area contributed by atoms with Crippen LogP contribution in [0.2, 0.25) is 0 Å². The average Bonchev–Trinajstić information content (AvgIpc) is 2.36. The molecule has 100 valence electrons. The van der Waals surface area contributed by atoms with Gasteiger partial charge in [0.05, 0.1) is 4.47 Å². The summed E-state index contributed by atoms with van der Waals surface area (Å²) in [4.78, 5) is 0. The maximum absolute atomic E-state index is 13.2. The smallest absolute Gasteiger partial charge is 0.134 e. The Hall–Kier alpha value is -0.580. The summed E-state index contributed by atoms with van der Waals surface area (Å²) in [5.74, 6) is 0.870. The summed E-state index contributed by atoms with van der Waals surface area (Å²) < 4.78 is 20.4. The summed E-state index contributed by atoms with van der Waals surface area (Å²) in [7, 11) is 0. The molecular formula is C14H10Br2ClFO. The lowest BCUT2D eigenvalue weighted by Gasteiger charge is -2.09. The van der Waals surface area contributed by atoms with Crippen LogP contribution in [0.4, 0.5) is 4.39 Å². The van der Waals surface area contributed by atoms with Crippen LogP contribution in [0.5, 0.6) is 5.75 Å². The van der Waals surface area contributed by atoms with Crippen LogP contribution >= 0.6 is 43.5 Å². The molecule has 0 aliphatic carbocycles. The molecule has 19 heavy (non-hydrogen) atoms. The van der Waals surface area contributed by atoms with Gasteiger partial charge in [0, 0.05) is 10.4 Å². The summed E-state index contributed by atoms with van der Waals surface area (Å²) in [5, 5.41) is 0. The maximum atomic E-state index is 13.2. The molecule has 0 saturated heterocycles. The first kappa shape index (κ1) is 14.8. The fourth-order valence-corrected chi connectivity index (χ4v) is 2.82. The second-order valence-electron chi connectivity index (χ2n) is 3.96.